The Hall–Kier alpha value is -2.32. The number of nitrogens with one attached hydrogen (secondary N) is 1. The molecular formula is C24H29N3O3S2. The van der Waals surface area contributed by atoms with Crippen LogP contribution in [0.15, 0.2) is 38.4 Å². The summed E-state index contributed by atoms with van der Waals surface area (Å²) in [6, 6.07) is 7.79. The summed E-state index contributed by atoms with van der Waals surface area (Å²) >= 11 is 3.23. The fourth-order valence-electron chi connectivity index (χ4n) is 3.91. The van der Waals surface area contributed by atoms with Gasteiger partial charge in [-0.3, -0.25) is 9.59 Å². The Labute approximate surface area is 196 Å². The van der Waals surface area contributed by atoms with Crippen molar-refractivity contribution in [1.29, 1.82) is 0 Å². The van der Waals surface area contributed by atoms with Crippen molar-refractivity contribution in [3.8, 4) is 0 Å². The minimum absolute atomic E-state index is 0.0295. The van der Waals surface area contributed by atoms with E-state index in [4.69, 9.17) is 4.42 Å². The van der Waals surface area contributed by atoms with Crippen molar-refractivity contribution >= 4 is 45.9 Å². The van der Waals surface area contributed by atoms with E-state index in [-0.39, 0.29) is 23.3 Å². The molecule has 0 bridgehead atoms. The molecule has 1 aliphatic rings. The highest BCUT2D eigenvalue weighted by atomic mass is 32.2. The molecule has 1 saturated heterocycles. The van der Waals surface area contributed by atoms with Crippen LogP contribution in [0, 0.1) is 12.3 Å². The predicted molar refractivity (Wildman–Crippen MR) is 129 cm³/mol. The van der Waals surface area contributed by atoms with Crippen LogP contribution in [0.3, 0.4) is 0 Å². The molecule has 3 heterocycles. The second-order valence-corrected chi connectivity index (χ2v) is 11.3. The molecule has 170 valence electrons. The van der Waals surface area contributed by atoms with Crippen LogP contribution >= 0.6 is 23.1 Å². The number of thiazole rings is 1. The lowest BCUT2D eigenvalue weighted by Gasteiger charge is -2.35. The molecule has 8 heteroatoms. The first-order chi connectivity index (χ1) is 15.2. The lowest BCUT2D eigenvalue weighted by molar-refractivity contribution is -0.140. The van der Waals surface area contributed by atoms with Crippen LogP contribution in [-0.2, 0) is 10.5 Å². The number of amides is 2. The summed E-state index contributed by atoms with van der Waals surface area (Å²) in [6.07, 6.45) is 1.49. The van der Waals surface area contributed by atoms with Gasteiger partial charge in [0.05, 0.1) is 0 Å². The highest BCUT2D eigenvalue weighted by Crippen LogP contribution is 2.33. The number of hydrogen-bond donors (Lipinski definition) is 1. The molecule has 1 aromatic carbocycles. The van der Waals surface area contributed by atoms with Crippen molar-refractivity contribution < 1.29 is 14.0 Å². The molecule has 0 saturated carbocycles. The lowest BCUT2D eigenvalue weighted by atomic mass is 9.93. The van der Waals surface area contributed by atoms with Gasteiger partial charge in [0.15, 0.2) is 5.76 Å². The summed E-state index contributed by atoms with van der Waals surface area (Å²) in [4.78, 5) is 32.1. The summed E-state index contributed by atoms with van der Waals surface area (Å²) in [5, 5.41) is 6.13. The van der Waals surface area contributed by atoms with Gasteiger partial charge in [-0.25, -0.2) is 4.98 Å². The van der Waals surface area contributed by atoms with E-state index in [1.165, 1.54) is 0 Å². The van der Waals surface area contributed by atoms with Crippen LogP contribution in [0.4, 0.5) is 0 Å². The van der Waals surface area contributed by atoms with Crippen LogP contribution in [0.2, 0.25) is 0 Å². The number of piperidine rings is 1. The summed E-state index contributed by atoms with van der Waals surface area (Å²) in [6.45, 7) is 9.12. The van der Waals surface area contributed by atoms with Gasteiger partial charge in [0, 0.05) is 52.3 Å². The summed E-state index contributed by atoms with van der Waals surface area (Å²) in [5.41, 5.74) is 2.24. The number of rotatable bonds is 5. The van der Waals surface area contributed by atoms with Crippen molar-refractivity contribution in [1.82, 2.24) is 15.2 Å². The molecule has 4 rings (SSSR count). The van der Waals surface area contributed by atoms with Crippen molar-refractivity contribution in [2.45, 2.75) is 56.7 Å². The zero-order valence-corrected chi connectivity index (χ0v) is 20.6. The fraction of sp³-hybridized carbons (Fsp3) is 0.458. The number of aromatic nitrogens is 1. The zero-order chi connectivity index (χ0) is 22.9. The monoisotopic (exact) mass is 471 g/mol. The molecule has 6 nitrogen and oxygen atoms in total. The Kier molecular flexibility index (Phi) is 6.62. The Morgan fingerprint density at radius 2 is 1.97 bits per heavy atom. The maximum atomic E-state index is 13.2. The number of aryl methyl sites for hydroxylation is 1. The van der Waals surface area contributed by atoms with E-state index < -0.39 is 0 Å². The van der Waals surface area contributed by atoms with Crippen molar-refractivity contribution in [3.63, 3.8) is 0 Å². The number of para-hydroxylation sites is 1. The Morgan fingerprint density at radius 1 is 1.25 bits per heavy atom. The van der Waals surface area contributed by atoms with Crippen LogP contribution < -0.4 is 5.32 Å². The van der Waals surface area contributed by atoms with E-state index in [2.05, 4.69) is 10.3 Å². The maximum absolute atomic E-state index is 13.2. The third kappa shape index (κ3) is 5.02. The molecule has 0 atom stereocenters. The average Bonchev–Trinajstić information content (AvgIpc) is 3.34. The predicted octanol–water partition coefficient (Wildman–Crippen LogP) is 5.26. The Morgan fingerprint density at radius 3 is 2.62 bits per heavy atom. The second kappa shape index (κ2) is 9.27. The van der Waals surface area contributed by atoms with Crippen LogP contribution in [0.5, 0.6) is 0 Å². The molecule has 1 aliphatic heterocycles. The second-order valence-electron chi connectivity index (χ2n) is 9.24. The van der Waals surface area contributed by atoms with E-state index in [1.54, 1.807) is 23.1 Å². The number of thioether (sulfide) groups is 1. The first-order valence-electron chi connectivity index (χ1n) is 10.9. The van der Waals surface area contributed by atoms with E-state index in [0.29, 0.717) is 30.2 Å². The zero-order valence-electron chi connectivity index (χ0n) is 18.9. The summed E-state index contributed by atoms with van der Waals surface area (Å²) < 4.78 is 6.97. The van der Waals surface area contributed by atoms with Gasteiger partial charge in [0.1, 0.15) is 9.92 Å². The van der Waals surface area contributed by atoms with Gasteiger partial charge in [-0.2, -0.15) is 0 Å². The fourth-order valence-corrected chi connectivity index (χ4v) is 5.79. The molecule has 1 N–H and O–H groups in total. The topological polar surface area (TPSA) is 75.4 Å². The molecule has 0 spiro atoms. The molecule has 32 heavy (non-hydrogen) atoms. The van der Waals surface area contributed by atoms with Gasteiger partial charge < -0.3 is 14.6 Å². The molecule has 2 aromatic heterocycles. The highest BCUT2D eigenvalue weighted by Gasteiger charge is 2.31. The number of carbonyl (C=O) groups is 2. The largest absolute Gasteiger partial charge is 0.451 e. The minimum atomic E-state index is -0.382. The van der Waals surface area contributed by atoms with Gasteiger partial charge in [0.2, 0.25) is 5.91 Å². The number of nitrogens with zero attached hydrogens (tertiary/aromatic N) is 2. The Bertz CT molecular complexity index is 1120. The Balaban J connectivity index is 1.46. The summed E-state index contributed by atoms with van der Waals surface area (Å²) in [5.74, 6) is 0.967. The lowest BCUT2D eigenvalue weighted by Crippen LogP contribution is -2.49. The molecule has 0 unspecified atom stereocenters. The van der Waals surface area contributed by atoms with Crippen molar-refractivity contribution in [3.05, 3.63) is 46.7 Å². The molecule has 2 amide bonds. The summed E-state index contributed by atoms with van der Waals surface area (Å²) in [7, 11) is 0. The van der Waals surface area contributed by atoms with Crippen molar-refractivity contribution in [2.75, 3.05) is 13.1 Å². The SMILES string of the molecule is Cc1csc(SCc2c(C(=O)NC3CCN(C(=O)C(C)(C)C)CC3)oc3ccccc23)n1. The quantitative estimate of drug-likeness (QED) is 0.514. The van der Waals surface area contributed by atoms with E-state index in [0.717, 1.165) is 33.8 Å². The molecular weight excluding hydrogens is 442 g/mol. The minimum Gasteiger partial charge on any atom is -0.451 e. The molecule has 0 radical (unpaired) electrons. The number of likely N-dealkylation sites (tertiary alicyclic amines) is 1. The van der Waals surface area contributed by atoms with E-state index in [9.17, 15) is 9.59 Å². The first kappa shape index (κ1) is 22.9. The number of fused-ring (bicyclic) bond motifs is 1. The highest BCUT2D eigenvalue weighted by molar-refractivity contribution is 8.00. The van der Waals surface area contributed by atoms with Gasteiger partial charge in [-0.15, -0.1) is 11.3 Å². The van der Waals surface area contributed by atoms with Crippen LogP contribution in [-0.4, -0.2) is 40.8 Å². The first-order valence-corrected chi connectivity index (χ1v) is 12.7. The average molecular weight is 472 g/mol. The molecule has 0 aliphatic carbocycles. The van der Waals surface area contributed by atoms with Gasteiger partial charge >= 0.3 is 0 Å². The van der Waals surface area contributed by atoms with Gasteiger partial charge in [-0.1, -0.05) is 50.7 Å². The van der Waals surface area contributed by atoms with Crippen LogP contribution in [0.25, 0.3) is 11.0 Å². The van der Waals surface area contributed by atoms with E-state index in [1.807, 2.05) is 62.2 Å². The number of carbonyl (C=O) groups excluding carboxylic acids is 2. The van der Waals surface area contributed by atoms with Gasteiger partial charge in [-0.05, 0) is 25.8 Å². The molecule has 3 aromatic rings. The number of furan rings is 1. The normalized spacial score (nSPS) is 15.3. The maximum Gasteiger partial charge on any atom is 0.287 e. The van der Waals surface area contributed by atoms with Crippen LogP contribution in [0.1, 0.15) is 55.4 Å². The smallest absolute Gasteiger partial charge is 0.287 e. The molecule has 1 fully saturated rings. The third-order valence-corrected chi connectivity index (χ3v) is 7.77. The number of benzene rings is 1. The standard InChI is InChI=1S/C24H29N3O3S2/c1-15-13-31-23(25-15)32-14-18-17-7-5-6-8-19(17)30-20(18)21(28)26-16-9-11-27(12-10-16)22(29)24(2,3)4/h5-8,13,16H,9-12,14H2,1-4H3,(H,26,28). The third-order valence-electron chi connectivity index (χ3n) is 5.60. The van der Waals surface area contributed by atoms with E-state index >= 15 is 0 Å². The van der Waals surface area contributed by atoms with Gasteiger partial charge in [0.25, 0.3) is 5.91 Å². The number of hydrogen-bond acceptors (Lipinski definition) is 6. The van der Waals surface area contributed by atoms with Crippen molar-refractivity contribution in [2.24, 2.45) is 5.41 Å².